The van der Waals surface area contributed by atoms with Gasteiger partial charge in [0, 0.05) is 41.6 Å². The number of unbranched alkanes of at least 4 members (excludes halogenated alkanes) is 3. The van der Waals surface area contributed by atoms with E-state index in [1.165, 1.54) is 7.11 Å². The van der Waals surface area contributed by atoms with E-state index in [1.807, 2.05) is 11.8 Å². The quantitative estimate of drug-likeness (QED) is 0.117. The molecule has 234 valence electrons. The van der Waals surface area contributed by atoms with Gasteiger partial charge in [-0.3, -0.25) is 14.4 Å². The lowest BCUT2D eigenvalue weighted by atomic mass is 10.0. The molecule has 43 heavy (non-hydrogen) atoms. The Morgan fingerprint density at radius 1 is 1.07 bits per heavy atom. The third kappa shape index (κ3) is 9.87. The number of fused-ring (bicyclic) bond motifs is 1. The summed E-state index contributed by atoms with van der Waals surface area (Å²) in [6, 6.07) is 5.46. The minimum Gasteiger partial charge on any atom is -0.483 e. The monoisotopic (exact) mass is 616 g/mol. The number of nitrogens with zero attached hydrogens (tertiary/aromatic N) is 2. The molecule has 4 N–H and O–H groups in total. The molecule has 0 saturated carbocycles. The summed E-state index contributed by atoms with van der Waals surface area (Å²) in [4.78, 5) is 52.0. The van der Waals surface area contributed by atoms with E-state index in [9.17, 15) is 19.2 Å². The van der Waals surface area contributed by atoms with Crippen LogP contribution in [-0.2, 0) is 25.5 Å². The summed E-state index contributed by atoms with van der Waals surface area (Å²) in [5, 5.41) is 15.9. The number of ether oxygens (including phenoxy) is 2. The number of aromatic nitrogens is 2. The highest BCUT2D eigenvalue weighted by Gasteiger charge is 2.42. The predicted molar refractivity (Wildman–Crippen MR) is 160 cm³/mol. The number of hydrogen-bond acceptors (Lipinski definition) is 10. The highest BCUT2D eigenvalue weighted by atomic mass is 32.2. The number of nitrogens with one attached hydrogen (secondary N) is 4. The van der Waals surface area contributed by atoms with Crippen molar-refractivity contribution in [3.8, 4) is 17.2 Å². The summed E-state index contributed by atoms with van der Waals surface area (Å²) in [6.45, 7) is 2.62. The summed E-state index contributed by atoms with van der Waals surface area (Å²) < 4.78 is 15.7. The zero-order chi connectivity index (χ0) is 30.6. The SMILES string of the molecule is COC(=O)Cc1cc(-c2nc(C)no2)ccc1OCC(=O)NCCCCCNC(=O)CCCC[C@@H]1SC[C@@H]2NC(=O)N[C@@H]21. The number of aryl methyl sites for hydroxylation is 1. The first-order chi connectivity index (χ1) is 20.8. The summed E-state index contributed by atoms with van der Waals surface area (Å²) in [5.74, 6) is 1.49. The average molecular weight is 617 g/mol. The molecular formula is C29H40N6O7S. The predicted octanol–water partition coefficient (Wildman–Crippen LogP) is 2.27. The zero-order valence-corrected chi connectivity index (χ0v) is 25.4. The molecule has 4 rings (SSSR count). The van der Waals surface area contributed by atoms with E-state index in [0.717, 1.165) is 44.3 Å². The van der Waals surface area contributed by atoms with Crippen LogP contribution in [0.3, 0.4) is 0 Å². The summed E-state index contributed by atoms with van der Waals surface area (Å²) in [7, 11) is 1.31. The van der Waals surface area contributed by atoms with Crippen LogP contribution in [0.1, 0.15) is 56.3 Å². The molecule has 0 bridgehead atoms. The Morgan fingerprint density at radius 3 is 2.60 bits per heavy atom. The lowest BCUT2D eigenvalue weighted by Gasteiger charge is -2.16. The largest absolute Gasteiger partial charge is 0.483 e. The van der Waals surface area contributed by atoms with Crippen LogP contribution >= 0.6 is 11.8 Å². The van der Waals surface area contributed by atoms with Crippen molar-refractivity contribution >= 4 is 35.6 Å². The van der Waals surface area contributed by atoms with Gasteiger partial charge in [0.15, 0.2) is 12.4 Å². The smallest absolute Gasteiger partial charge is 0.315 e. The number of carbonyl (C=O) groups excluding carboxylic acids is 4. The second-order valence-corrected chi connectivity index (χ2v) is 11.9. The Labute approximate surface area is 255 Å². The molecule has 2 saturated heterocycles. The zero-order valence-electron chi connectivity index (χ0n) is 24.6. The molecule has 2 fully saturated rings. The third-order valence-electron chi connectivity index (χ3n) is 7.33. The lowest BCUT2D eigenvalue weighted by molar-refractivity contribution is -0.139. The topological polar surface area (TPSA) is 174 Å². The molecule has 0 radical (unpaired) electrons. The van der Waals surface area contributed by atoms with Gasteiger partial charge in [-0.2, -0.15) is 16.7 Å². The minimum absolute atomic E-state index is 0.0375. The summed E-state index contributed by atoms with van der Waals surface area (Å²) in [6.07, 6.45) is 5.74. The number of methoxy groups -OCH3 is 1. The van der Waals surface area contributed by atoms with Crippen molar-refractivity contribution in [1.29, 1.82) is 0 Å². The number of hydrogen-bond donors (Lipinski definition) is 4. The van der Waals surface area contributed by atoms with Crippen molar-refractivity contribution in [3.63, 3.8) is 0 Å². The van der Waals surface area contributed by atoms with Crippen molar-refractivity contribution in [2.45, 2.75) is 75.6 Å². The highest BCUT2D eigenvalue weighted by molar-refractivity contribution is 8.00. The van der Waals surface area contributed by atoms with E-state index >= 15 is 0 Å². The van der Waals surface area contributed by atoms with E-state index < -0.39 is 5.97 Å². The van der Waals surface area contributed by atoms with E-state index in [-0.39, 0.29) is 43.0 Å². The second kappa shape index (κ2) is 16.1. The normalized spacial score (nSPS) is 18.8. The fourth-order valence-corrected chi connectivity index (χ4v) is 6.62. The Morgan fingerprint density at radius 2 is 1.86 bits per heavy atom. The van der Waals surface area contributed by atoms with E-state index in [2.05, 4.69) is 31.4 Å². The van der Waals surface area contributed by atoms with Crippen LogP contribution in [0, 0.1) is 6.92 Å². The molecular weight excluding hydrogens is 576 g/mol. The highest BCUT2D eigenvalue weighted by Crippen LogP contribution is 2.33. The molecule has 1 aromatic carbocycles. The van der Waals surface area contributed by atoms with Gasteiger partial charge in [0.2, 0.25) is 5.91 Å². The van der Waals surface area contributed by atoms with E-state index in [4.69, 9.17) is 14.0 Å². The van der Waals surface area contributed by atoms with Gasteiger partial charge >= 0.3 is 12.0 Å². The second-order valence-electron chi connectivity index (χ2n) is 10.6. The van der Waals surface area contributed by atoms with Gasteiger partial charge in [0.1, 0.15) is 5.75 Å². The standard InChI is InChI=1S/C29H40N6O7S/c1-18-32-28(42-35-18)19-10-11-22(20(14-19)15-26(38)40-2)41-16-25(37)31-13-7-3-6-12-30-24(36)9-5-4-8-23-27-21(17-43-23)33-29(39)34-27/h10-11,14,21,23,27H,3-9,12-13,15-17H2,1-2H3,(H,30,36)(H,31,37)(H2,33,34,39)/t21-,23-,27-/m0/s1. The molecule has 1 aromatic heterocycles. The van der Waals surface area contributed by atoms with Crippen molar-refractivity contribution in [2.75, 3.05) is 32.6 Å². The number of amides is 4. The number of thioether (sulfide) groups is 1. The lowest BCUT2D eigenvalue weighted by Crippen LogP contribution is -2.36. The van der Waals surface area contributed by atoms with Crippen molar-refractivity contribution in [2.24, 2.45) is 0 Å². The number of carbonyl (C=O) groups is 4. The molecule has 2 aliphatic rings. The van der Waals surface area contributed by atoms with Gasteiger partial charge in [0.05, 0.1) is 25.6 Å². The number of urea groups is 1. The van der Waals surface area contributed by atoms with Gasteiger partial charge in [-0.1, -0.05) is 11.6 Å². The van der Waals surface area contributed by atoms with Crippen LogP contribution in [-0.4, -0.2) is 83.8 Å². The van der Waals surface area contributed by atoms with Crippen LogP contribution in [0.15, 0.2) is 22.7 Å². The first kappa shape index (κ1) is 32.1. The molecule has 13 nitrogen and oxygen atoms in total. The number of benzene rings is 1. The Kier molecular flexibility index (Phi) is 12.1. The maximum absolute atomic E-state index is 12.3. The van der Waals surface area contributed by atoms with Crippen LogP contribution in [0.4, 0.5) is 4.79 Å². The fourth-order valence-electron chi connectivity index (χ4n) is 5.07. The molecule has 0 spiro atoms. The van der Waals surface area contributed by atoms with Gasteiger partial charge in [0.25, 0.3) is 11.8 Å². The molecule has 4 amide bonds. The first-order valence-corrected chi connectivity index (χ1v) is 15.7. The van der Waals surface area contributed by atoms with Crippen molar-refractivity contribution < 1.29 is 33.2 Å². The molecule has 3 atom stereocenters. The fraction of sp³-hybridized carbons (Fsp3) is 0.586. The van der Waals surface area contributed by atoms with Crippen molar-refractivity contribution in [3.05, 3.63) is 29.6 Å². The minimum atomic E-state index is -0.444. The summed E-state index contributed by atoms with van der Waals surface area (Å²) in [5.41, 5.74) is 1.17. The average Bonchev–Trinajstić information content (AvgIpc) is 3.69. The molecule has 0 aliphatic carbocycles. The van der Waals surface area contributed by atoms with Gasteiger partial charge in [-0.15, -0.1) is 0 Å². The van der Waals surface area contributed by atoms with Crippen molar-refractivity contribution in [1.82, 2.24) is 31.4 Å². The van der Waals surface area contributed by atoms with Gasteiger partial charge in [-0.05, 0) is 57.2 Å². The Bertz CT molecular complexity index is 1270. The Hall–Kier alpha value is -3.81. The van der Waals surface area contributed by atoms with Gasteiger partial charge in [-0.25, -0.2) is 4.79 Å². The van der Waals surface area contributed by atoms with E-state index in [1.54, 1.807) is 25.1 Å². The van der Waals surface area contributed by atoms with Gasteiger partial charge < -0.3 is 35.3 Å². The summed E-state index contributed by atoms with van der Waals surface area (Å²) >= 11 is 1.89. The molecule has 0 unspecified atom stereocenters. The van der Waals surface area contributed by atoms with Crippen LogP contribution in [0.2, 0.25) is 0 Å². The first-order valence-electron chi connectivity index (χ1n) is 14.7. The van der Waals surface area contributed by atoms with E-state index in [0.29, 0.717) is 53.4 Å². The molecule has 2 aliphatic heterocycles. The maximum Gasteiger partial charge on any atom is 0.315 e. The molecule has 14 heteroatoms. The molecule has 2 aromatic rings. The number of esters is 1. The Balaban J connectivity index is 1.04. The molecule has 3 heterocycles. The van der Waals surface area contributed by atoms with Crippen LogP contribution in [0.25, 0.3) is 11.5 Å². The number of rotatable bonds is 17. The maximum atomic E-state index is 12.3. The van der Waals surface area contributed by atoms with Crippen LogP contribution < -0.4 is 26.0 Å². The third-order valence-corrected chi connectivity index (χ3v) is 8.84. The van der Waals surface area contributed by atoms with Crippen LogP contribution in [0.5, 0.6) is 5.75 Å².